The summed E-state index contributed by atoms with van der Waals surface area (Å²) < 4.78 is 4.19. The van der Waals surface area contributed by atoms with Crippen LogP contribution in [0.2, 0.25) is 0 Å². The van der Waals surface area contributed by atoms with Crippen LogP contribution < -0.4 is 0 Å². The van der Waals surface area contributed by atoms with Crippen LogP contribution in [0.3, 0.4) is 0 Å². The molecule has 0 aromatic carbocycles. The first-order chi connectivity index (χ1) is 5.34. The highest BCUT2D eigenvalue weighted by atomic mass is 16.6. The van der Waals surface area contributed by atoms with Gasteiger partial charge < -0.3 is 9.84 Å². The van der Waals surface area contributed by atoms with Crippen molar-refractivity contribution in [3.8, 4) is 0 Å². The third kappa shape index (κ3) is 1.91. The maximum atomic E-state index is 10.8. The highest BCUT2D eigenvalue weighted by Gasteiger charge is 2.45. The number of nitrogens with zero attached hydrogens (tertiary/aromatic N) is 1. The van der Waals surface area contributed by atoms with E-state index in [9.17, 15) is 20.0 Å². The molecule has 0 heterocycles. The van der Waals surface area contributed by atoms with E-state index in [-0.39, 0.29) is 0 Å². The highest BCUT2D eigenvalue weighted by molar-refractivity contribution is 5.79. The molecule has 6 nitrogen and oxygen atoms in total. The van der Waals surface area contributed by atoms with E-state index in [2.05, 4.69) is 4.74 Å². The SMILES string of the molecule is COC(=O)[C@](C)(O)[C@H](C)[N+](=O)[O-]. The van der Waals surface area contributed by atoms with Crippen LogP contribution in [0.25, 0.3) is 0 Å². The van der Waals surface area contributed by atoms with Gasteiger partial charge in [-0.3, -0.25) is 10.1 Å². The van der Waals surface area contributed by atoms with Gasteiger partial charge in [0, 0.05) is 11.8 Å². The number of hydrogen-bond acceptors (Lipinski definition) is 5. The molecule has 0 aliphatic carbocycles. The number of rotatable bonds is 3. The minimum Gasteiger partial charge on any atom is -0.467 e. The molecular weight excluding hydrogens is 166 g/mol. The van der Waals surface area contributed by atoms with Crippen molar-refractivity contribution in [2.24, 2.45) is 0 Å². The molecule has 6 heteroatoms. The van der Waals surface area contributed by atoms with Gasteiger partial charge in [0.1, 0.15) is 0 Å². The predicted molar refractivity (Wildman–Crippen MR) is 39.1 cm³/mol. The Morgan fingerprint density at radius 2 is 2.17 bits per heavy atom. The number of nitro groups is 1. The van der Waals surface area contributed by atoms with Gasteiger partial charge in [-0.15, -0.1) is 0 Å². The van der Waals surface area contributed by atoms with Gasteiger partial charge in [-0.1, -0.05) is 0 Å². The van der Waals surface area contributed by atoms with Crippen LogP contribution in [-0.2, 0) is 9.53 Å². The van der Waals surface area contributed by atoms with Crippen LogP contribution in [0.1, 0.15) is 13.8 Å². The van der Waals surface area contributed by atoms with Crippen molar-refractivity contribution in [2.45, 2.75) is 25.5 Å². The summed E-state index contributed by atoms with van der Waals surface area (Å²) in [4.78, 5) is 20.3. The molecule has 0 saturated carbocycles. The fraction of sp³-hybridized carbons (Fsp3) is 0.833. The second kappa shape index (κ2) is 3.48. The van der Waals surface area contributed by atoms with Crippen molar-refractivity contribution < 1.29 is 19.6 Å². The Balaban J connectivity index is 4.60. The zero-order chi connectivity index (χ0) is 9.94. The molecule has 0 rings (SSSR count). The molecule has 0 radical (unpaired) electrons. The third-order valence-corrected chi connectivity index (χ3v) is 1.73. The second-order valence-electron chi connectivity index (χ2n) is 2.60. The molecule has 0 saturated heterocycles. The number of methoxy groups -OCH3 is 1. The Hall–Kier alpha value is -1.17. The number of hydrogen-bond donors (Lipinski definition) is 1. The lowest BCUT2D eigenvalue weighted by Crippen LogP contribution is -2.49. The fourth-order valence-electron chi connectivity index (χ4n) is 0.582. The predicted octanol–water partition coefficient (Wildman–Crippen LogP) is -0.424. The highest BCUT2D eigenvalue weighted by Crippen LogP contribution is 2.13. The van der Waals surface area contributed by atoms with Crippen molar-refractivity contribution in [2.75, 3.05) is 7.11 Å². The lowest BCUT2D eigenvalue weighted by atomic mass is 9.99. The van der Waals surface area contributed by atoms with Crippen molar-refractivity contribution in [1.29, 1.82) is 0 Å². The molecule has 70 valence electrons. The summed E-state index contributed by atoms with van der Waals surface area (Å²) in [6.07, 6.45) is 0. The Kier molecular flexibility index (Phi) is 3.15. The molecular formula is C6H11NO5. The largest absolute Gasteiger partial charge is 0.467 e. The summed E-state index contributed by atoms with van der Waals surface area (Å²) >= 11 is 0. The van der Waals surface area contributed by atoms with Crippen LogP contribution >= 0.6 is 0 Å². The maximum Gasteiger partial charge on any atom is 0.344 e. The fourth-order valence-corrected chi connectivity index (χ4v) is 0.582. The monoisotopic (exact) mass is 177 g/mol. The zero-order valence-corrected chi connectivity index (χ0v) is 7.10. The van der Waals surface area contributed by atoms with E-state index in [1.54, 1.807) is 0 Å². The van der Waals surface area contributed by atoms with Crippen molar-refractivity contribution in [1.82, 2.24) is 0 Å². The van der Waals surface area contributed by atoms with E-state index in [0.29, 0.717) is 0 Å². The number of aliphatic hydroxyl groups is 1. The van der Waals surface area contributed by atoms with Crippen LogP contribution in [0.5, 0.6) is 0 Å². The van der Waals surface area contributed by atoms with Crippen molar-refractivity contribution in [3.05, 3.63) is 10.1 Å². The number of carbonyl (C=O) groups is 1. The first-order valence-corrected chi connectivity index (χ1v) is 3.28. The van der Waals surface area contributed by atoms with E-state index in [1.165, 1.54) is 0 Å². The summed E-state index contributed by atoms with van der Waals surface area (Å²) in [6.45, 7) is 2.18. The van der Waals surface area contributed by atoms with E-state index in [4.69, 9.17) is 0 Å². The van der Waals surface area contributed by atoms with Gasteiger partial charge in [0.15, 0.2) is 0 Å². The average molecular weight is 177 g/mol. The molecule has 0 aliphatic rings. The first kappa shape index (κ1) is 10.8. The molecule has 0 unspecified atom stereocenters. The Morgan fingerprint density at radius 1 is 1.75 bits per heavy atom. The lowest BCUT2D eigenvalue weighted by molar-refractivity contribution is -0.536. The molecule has 2 atom stereocenters. The molecule has 0 amide bonds. The van der Waals surface area contributed by atoms with Gasteiger partial charge in [0.25, 0.3) is 0 Å². The molecule has 0 fully saturated rings. The second-order valence-corrected chi connectivity index (χ2v) is 2.60. The minimum absolute atomic E-state index is 0.739. The van der Waals surface area contributed by atoms with Gasteiger partial charge in [-0.2, -0.15) is 0 Å². The van der Waals surface area contributed by atoms with E-state index >= 15 is 0 Å². The standard InChI is InChI=1S/C6H11NO5/c1-4(7(10)11)6(2,9)5(8)12-3/h4,9H,1-3H3/t4-,6+/m0/s1. The van der Waals surface area contributed by atoms with Crippen LogP contribution in [0.15, 0.2) is 0 Å². The Bertz CT molecular complexity index is 200. The Morgan fingerprint density at radius 3 is 2.42 bits per heavy atom. The first-order valence-electron chi connectivity index (χ1n) is 3.28. The van der Waals surface area contributed by atoms with Gasteiger partial charge in [0.2, 0.25) is 11.6 Å². The van der Waals surface area contributed by atoms with Gasteiger partial charge in [-0.25, -0.2) is 4.79 Å². The average Bonchev–Trinajstić information content (AvgIpc) is 2.01. The van der Waals surface area contributed by atoms with E-state index < -0.39 is 22.5 Å². The molecule has 1 N–H and O–H groups in total. The topological polar surface area (TPSA) is 89.7 Å². The third-order valence-electron chi connectivity index (χ3n) is 1.73. The molecule has 0 spiro atoms. The number of ether oxygens (including phenoxy) is 1. The maximum absolute atomic E-state index is 10.8. The van der Waals surface area contributed by atoms with E-state index in [0.717, 1.165) is 21.0 Å². The normalized spacial score (nSPS) is 17.7. The van der Waals surface area contributed by atoms with Crippen LogP contribution in [0.4, 0.5) is 0 Å². The number of carbonyl (C=O) groups excluding carboxylic acids is 1. The molecule has 0 aromatic rings. The molecule has 0 aliphatic heterocycles. The Labute approximate surface area is 69.3 Å². The van der Waals surface area contributed by atoms with Crippen molar-refractivity contribution >= 4 is 5.97 Å². The molecule has 0 aromatic heterocycles. The minimum atomic E-state index is -2.07. The summed E-state index contributed by atoms with van der Waals surface area (Å²) in [7, 11) is 1.06. The summed E-state index contributed by atoms with van der Waals surface area (Å²) in [5.41, 5.74) is -2.07. The van der Waals surface area contributed by atoms with E-state index in [1.807, 2.05) is 0 Å². The van der Waals surface area contributed by atoms with Gasteiger partial charge in [-0.05, 0) is 6.92 Å². The summed E-state index contributed by atoms with van der Waals surface area (Å²) in [5, 5.41) is 19.5. The van der Waals surface area contributed by atoms with Crippen LogP contribution in [-0.4, -0.2) is 34.8 Å². The van der Waals surface area contributed by atoms with Gasteiger partial charge in [0.05, 0.1) is 7.11 Å². The summed E-state index contributed by atoms with van der Waals surface area (Å²) in [5.74, 6) is -1.01. The summed E-state index contributed by atoms with van der Waals surface area (Å²) in [6, 6.07) is -1.38. The zero-order valence-electron chi connectivity index (χ0n) is 7.10. The number of esters is 1. The lowest BCUT2D eigenvalue weighted by Gasteiger charge is -2.20. The van der Waals surface area contributed by atoms with Crippen molar-refractivity contribution in [3.63, 3.8) is 0 Å². The smallest absolute Gasteiger partial charge is 0.344 e. The quantitative estimate of drug-likeness (QED) is 0.359. The molecule has 12 heavy (non-hydrogen) atoms. The van der Waals surface area contributed by atoms with Crippen LogP contribution in [0, 0.1) is 10.1 Å². The molecule has 0 bridgehead atoms. The van der Waals surface area contributed by atoms with Gasteiger partial charge >= 0.3 is 5.97 Å².